The summed E-state index contributed by atoms with van der Waals surface area (Å²) in [6, 6.07) is 0.114. The van der Waals surface area contributed by atoms with Crippen molar-refractivity contribution in [2.75, 3.05) is 13.1 Å². The van der Waals surface area contributed by atoms with Crippen molar-refractivity contribution in [2.45, 2.75) is 44.6 Å². The Kier molecular flexibility index (Phi) is 2.90. The minimum Gasteiger partial charge on any atom is -0.315 e. The van der Waals surface area contributed by atoms with Gasteiger partial charge < -0.3 is 5.32 Å². The fourth-order valence-electron chi connectivity index (χ4n) is 3.60. The van der Waals surface area contributed by atoms with E-state index < -0.39 is 0 Å². The van der Waals surface area contributed by atoms with E-state index in [1.54, 1.807) is 4.90 Å². The summed E-state index contributed by atoms with van der Waals surface area (Å²) in [6.45, 7) is 1.80. The van der Waals surface area contributed by atoms with Crippen LogP contribution in [-0.2, 0) is 9.59 Å². The van der Waals surface area contributed by atoms with E-state index in [1.807, 2.05) is 0 Å². The SMILES string of the molecule is O=C1C2CCCC2C(=O)N1C1CCCCNC1. The maximum Gasteiger partial charge on any atom is 0.233 e. The smallest absolute Gasteiger partial charge is 0.233 e. The first-order chi connectivity index (χ1) is 8.29. The van der Waals surface area contributed by atoms with Crippen molar-refractivity contribution < 1.29 is 9.59 Å². The monoisotopic (exact) mass is 236 g/mol. The predicted molar refractivity (Wildman–Crippen MR) is 63.2 cm³/mol. The Hall–Kier alpha value is -0.900. The maximum atomic E-state index is 12.3. The lowest BCUT2D eigenvalue weighted by Gasteiger charge is -2.26. The lowest BCUT2D eigenvalue weighted by molar-refractivity contribution is -0.143. The highest BCUT2D eigenvalue weighted by Crippen LogP contribution is 2.40. The number of rotatable bonds is 1. The van der Waals surface area contributed by atoms with Crippen molar-refractivity contribution in [3.63, 3.8) is 0 Å². The molecule has 2 amide bonds. The van der Waals surface area contributed by atoms with Crippen molar-refractivity contribution in [2.24, 2.45) is 11.8 Å². The van der Waals surface area contributed by atoms with Crippen LogP contribution in [0.15, 0.2) is 0 Å². The van der Waals surface area contributed by atoms with Crippen LogP contribution in [0.2, 0.25) is 0 Å². The molecule has 1 aliphatic carbocycles. The molecule has 4 heteroatoms. The van der Waals surface area contributed by atoms with Crippen molar-refractivity contribution in [1.82, 2.24) is 10.2 Å². The first kappa shape index (κ1) is 11.2. The third-order valence-corrected chi connectivity index (χ3v) is 4.51. The molecule has 0 spiro atoms. The Morgan fingerprint density at radius 3 is 2.35 bits per heavy atom. The summed E-state index contributed by atoms with van der Waals surface area (Å²) in [5, 5.41) is 3.33. The van der Waals surface area contributed by atoms with Gasteiger partial charge in [-0.1, -0.05) is 12.8 Å². The molecule has 17 heavy (non-hydrogen) atoms. The molecule has 3 rings (SSSR count). The van der Waals surface area contributed by atoms with Crippen LogP contribution < -0.4 is 5.32 Å². The summed E-state index contributed by atoms with van der Waals surface area (Å²) in [4.78, 5) is 26.2. The zero-order valence-corrected chi connectivity index (χ0v) is 10.2. The molecule has 94 valence electrons. The van der Waals surface area contributed by atoms with Crippen LogP contribution in [-0.4, -0.2) is 35.8 Å². The molecule has 3 fully saturated rings. The van der Waals surface area contributed by atoms with E-state index in [2.05, 4.69) is 5.32 Å². The summed E-state index contributed by atoms with van der Waals surface area (Å²) in [5.74, 6) is 0.272. The number of carbonyl (C=O) groups is 2. The minimum atomic E-state index is 0.0192. The largest absolute Gasteiger partial charge is 0.315 e. The molecule has 0 aromatic heterocycles. The third kappa shape index (κ3) is 1.79. The fraction of sp³-hybridized carbons (Fsp3) is 0.846. The van der Waals surface area contributed by atoms with Gasteiger partial charge in [0.25, 0.3) is 0 Å². The number of amides is 2. The van der Waals surface area contributed by atoms with Gasteiger partial charge in [0, 0.05) is 6.54 Å². The van der Waals surface area contributed by atoms with Gasteiger partial charge in [-0.15, -0.1) is 0 Å². The molecular weight excluding hydrogens is 216 g/mol. The lowest BCUT2D eigenvalue weighted by Crippen LogP contribution is -2.45. The van der Waals surface area contributed by atoms with Crippen LogP contribution in [0.25, 0.3) is 0 Å². The van der Waals surface area contributed by atoms with Crippen molar-refractivity contribution in [1.29, 1.82) is 0 Å². The number of nitrogens with one attached hydrogen (secondary N) is 1. The number of hydrogen-bond donors (Lipinski definition) is 1. The normalized spacial score (nSPS) is 38.4. The average molecular weight is 236 g/mol. The molecule has 2 heterocycles. The molecular formula is C13H20N2O2. The predicted octanol–water partition coefficient (Wildman–Crippen LogP) is 0.914. The summed E-state index contributed by atoms with van der Waals surface area (Å²) in [6.07, 6.45) is 6.13. The van der Waals surface area contributed by atoms with Gasteiger partial charge in [-0.05, 0) is 32.2 Å². The van der Waals surface area contributed by atoms with Gasteiger partial charge in [-0.2, -0.15) is 0 Å². The van der Waals surface area contributed by atoms with Gasteiger partial charge >= 0.3 is 0 Å². The molecule has 1 saturated carbocycles. The molecule has 0 bridgehead atoms. The highest BCUT2D eigenvalue weighted by molar-refractivity contribution is 6.05. The Bertz CT molecular complexity index is 312. The molecule has 0 radical (unpaired) electrons. The summed E-state index contributed by atoms with van der Waals surface area (Å²) < 4.78 is 0. The lowest BCUT2D eigenvalue weighted by atomic mass is 10.00. The molecule has 4 nitrogen and oxygen atoms in total. The van der Waals surface area contributed by atoms with Crippen molar-refractivity contribution in [3.8, 4) is 0 Å². The summed E-state index contributed by atoms with van der Waals surface area (Å²) in [7, 11) is 0. The average Bonchev–Trinajstić information content (AvgIpc) is 2.77. The molecule has 2 aliphatic heterocycles. The van der Waals surface area contributed by atoms with Crippen LogP contribution in [0.3, 0.4) is 0 Å². The quantitative estimate of drug-likeness (QED) is 0.689. The maximum absolute atomic E-state index is 12.3. The van der Waals surface area contributed by atoms with Crippen LogP contribution in [0.5, 0.6) is 0 Å². The molecule has 2 saturated heterocycles. The number of fused-ring (bicyclic) bond motifs is 1. The topological polar surface area (TPSA) is 49.4 Å². The molecule has 0 aromatic carbocycles. The van der Waals surface area contributed by atoms with Gasteiger partial charge in [-0.25, -0.2) is 0 Å². The molecule has 0 aromatic rings. The Morgan fingerprint density at radius 1 is 0.941 bits per heavy atom. The van der Waals surface area contributed by atoms with E-state index in [9.17, 15) is 9.59 Å². The second-order valence-electron chi connectivity index (χ2n) is 5.54. The standard InChI is InChI=1S/C13H20N2O2/c16-12-10-5-3-6-11(10)13(17)15(12)9-4-1-2-7-14-8-9/h9-11,14H,1-8H2. The van der Waals surface area contributed by atoms with Gasteiger partial charge in [0.05, 0.1) is 17.9 Å². The zero-order valence-electron chi connectivity index (χ0n) is 10.2. The second-order valence-corrected chi connectivity index (χ2v) is 5.54. The summed E-state index contributed by atoms with van der Waals surface area (Å²) >= 11 is 0. The van der Waals surface area contributed by atoms with E-state index in [0.29, 0.717) is 0 Å². The van der Waals surface area contributed by atoms with E-state index in [0.717, 1.165) is 51.6 Å². The highest BCUT2D eigenvalue weighted by atomic mass is 16.2. The number of hydrogen-bond acceptors (Lipinski definition) is 3. The molecule has 3 atom stereocenters. The number of likely N-dealkylation sites (tertiary alicyclic amines) is 1. The number of carbonyl (C=O) groups excluding carboxylic acids is 2. The van der Waals surface area contributed by atoms with Gasteiger partial charge in [0.15, 0.2) is 0 Å². The zero-order chi connectivity index (χ0) is 11.8. The fourth-order valence-corrected chi connectivity index (χ4v) is 3.60. The Labute approximate surface area is 102 Å². The Balaban J connectivity index is 1.78. The van der Waals surface area contributed by atoms with Crippen LogP contribution in [0.4, 0.5) is 0 Å². The van der Waals surface area contributed by atoms with Gasteiger partial charge in [0.2, 0.25) is 11.8 Å². The molecule has 1 N–H and O–H groups in total. The highest BCUT2D eigenvalue weighted by Gasteiger charge is 2.51. The molecule has 3 aliphatic rings. The van der Waals surface area contributed by atoms with Crippen LogP contribution in [0, 0.1) is 11.8 Å². The number of nitrogens with zero attached hydrogens (tertiary/aromatic N) is 1. The van der Waals surface area contributed by atoms with E-state index in [1.165, 1.54) is 0 Å². The van der Waals surface area contributed by atoms with Gasteiger partial charge in [0.1, 0.15) is 0 Å². The van der Waals surface area contributed by atoms with Crippen molar-refractivity contribution >= 4 is 11.8 Å². The Morgan fingerprint density at radius 2 is 1.65 bits per heavy atom. The van der Waals surface area contributed by atoms with E-state index >= 15 is 0 Å². The van der Waals surface area contributed by atoms with E-state index in [-0.39, 0.29) is 29.7 Å². The summed E-state index contributed by atoms with van der Waals surface area (Å²) in [5.41, 5.74) is 0. The van der Waals surface area contributed by atoms with E-state index in [4.69, 9.17) is 0 Å². The first-order valence-corrected chi connectivity index (χ1v) is 6.86. The third-order valence-electron chi connectivity index (χ3n) is 4.51. The second kappa shape index (κ2) is 4.41. The van der Waals surface area contributed by atoms with Crippen LogP contribution in [0.1, 0.15) is 38.5 Å². The first-order valence-electron chi connectivity index (χ1n) is 6.86. The minimum absolute atomic E-state index is 0.0192. The molecule has 3 unspecified atom stereocenters. The van der Waals surface area contributed by atoms with Crippen LogP contribution >= 0.6 is 0 Å². The van der Waals surface area contributed by atoms with Crippen molar-refractivity contribution in [3.05, 3.63) is 0 Å². The number of imide groups is 1. The van der Waals surface area contributed by atoms with Gasteiger partial charge in [-0.3, -0.25) is 14.5 Å².